The molecule has 0 aliphatic carbocycles. The molecule has 1 aliphatic rings. The van der Waals surface area contributed by atoms with Gasteiger partial charge in [0, 0.05) is 27.2 Å². The lowest BCUT2D eigenvalue weighted by Crippen LogP contribution is -2.40. The fourth-order valence-corrected chi connectivity index (χ4v) is 2.18. The van der Waals surface area contributed by atoms with Gasteiger partial charge in [0.05, 0.1) is 30.4 Å². The van der Waals surface area contributed by atoms with E-state index in [0.29, 0.717) is 24.4 Å². The Labute approximate surface area is 136 Å². The molecule has 0 aromatic heterocycles. The third kappa shape index (κ3) is 4.98. The van der Waals surface area contributed by atoms with Crippen molar-refractivity contribution in [3.8, 4) is 0 Å². The number of nitrogens with zero attached hydrogens (tertiary/aromatic N) is 1. The van der Waals surface area contributed by atoms with E-state index in [1.807, 2.05) is 0 Å². The van der Waals surface area contributed by atoms with Crippen LogP contribution in [0.3, 0.4) is 0 Å². The highest BCUT2D eigenvalue weighted by molar-refractivity contribution is 6.03. The van der Waals surface area contributed by atoms with Crippen molar-refractivity contribution in [3.63, 3.8) is 0 Å². The van der Waals surface area contributed by atoms with Gasteiger partial charge in [-0.3, -0.25) is 9.59 Å². The molecule has 1 heterocycles. The van der Waals surface area contributed by atoms with Crippen LogP contribution in [0.1, 0.15) is 16.8 Å². The van der Waals surface area contributed by atoms with E-state index in [-0.39, 0.29) is 36.7 Å². The van der Waals surface area contributed by atoms with Crippen molar-refractivity contribution in [3.05, 3.63) is 29.8 Å². The lowest BCUT2D eigenvalue weighted by Gasteiger charge is -2.23. The maximum absolute atomic E-state index is 12.1. The van der Waals surface area contributed by atoms with E-state index in [4.69, 9.17) is 4.74 Å². The number of carbonyl (C=O) groups is 2. The Morgan fingerprint density at radius 2 is 2.09 bits per heavy atom. The van der Waals surface area contributed by atoms with E-state index < -0.39 is 0 Å². The number of carbonyl (C=O) groups excluding carboxylic acids is 2. The van der Waals surface area contributed by atoms with E-state index in [2.05, 4.69) is 10.6 Å². The number of ether oxygens (including phenoxy) is 1. The first-order valence-electron chi connectivity index (χ1n) is 7.01. The number of halogens is 1. The van der Waals surface area contributed by atoms with E-state index in [0.717, 1.165) is 6.54 Å². The van der Waals surface area contributed by atoms with Gasteiger partial charge in [-0.15, -0.1) is 12.4 Å². The minimum atomic E-state index is -0.150. The number of rotatable bonds is 4. The van der Waals surface area contributed by atoms with Gasteiger partial charge in [0.25, 0.3) is 5.91 Å². The smallest absolute Gasteiger partial charge is 0.255 e. The van der Waals surface area contributed by atoms with Gasteiger partial charge in [0.2, 0.25) is 5.91 Å². The summed E-state index contributed by atoms with van der Waals surface area (Å²) in [5, 5.41) is 5.98. The summed E-state index contributed by atoms with van der Waals surface area (Å²) in [6.45, 7) is 2.11. The van der Waals surface area contributed by atoms with Crippen LogP contribution in [0, 0.1) is 0 Å². The molecule has 1 fully saturated rings. The van der Waals surface area contributed by atoms with Crippen molar-refractivity contribution in [2.24, 2.45) is 0 Å². The van der Waals surface area contributed by atoms with Crippen LogP contribution in [0.15, 0.2) is 24.3 Å². The first-order valence-corrected chi connectivity index (χ1v) is 7.01. The molecule has 6 nitrogen and oxygen atoms in total. The highest BCUT2D eigenvalue weighted by Gasteiger charge is 2.19. The standard InChI is InChI=1S/C15H21N3O3.ClH/c1-18(2)15(20)12-5-3-4-6-13(12)17-14(19)9-11-10-16-7-8-21-11;/h3-6,11,16H,7-10H2,1-2H3,(H,17,19);1H. The second-order valence-corrected chi connectivity index (χ2v) is 5.19. The van der Waals surface area contributed by atoms with Gasteiger partial charge in [0.1, 0.15) is 0 Å². The zero-order valence-electron chi connectivity index (χ0n) is 12.8. The molecule has 1 unspecified atom stereocenters. The van der Waals surface area contributed by atoms with Gasteiger partial charge in [0.15, 0.2) is 0 Å². The molecule has 0 bridgehead atoms. The molecular weight excluding hydrogens is 306 g/mol. The average Bonchev–Trinajstić information content (AvgIpc) is 2.48. The molecule has 122 valence electrons. The molecule has 7 heteroatoms. The summed E-state index contributed by atoms with van der Waals surface area (Å²) in [5.41, 5.74) is 1.02. The van der Waals surface area contributed by atoms with E-state index in [9.17, 15) is 9.59 Å². The number of morpholine rings is 1. The molecule has 0 spiro atoms. The monoisotopic (exact) mass is 327 g/mol. The quantitative estimate of drug-likeness (QED) is 0.869. The molecule has 0 saturated carbocycles. The number of nitrogens with one attached hydrogen (secondary N) is 2. The van der Waals surface area contributed by atoms with E-state index in [1.54, 1.807) is 38.4 Å². The number of anilines is 1. The third-order valence-electron chi connectivity index (χ3n) is 3.26. The Morgan fingerprint density at radius 3 is 2.73 bits per heavy atom. The summed E-state index contributed by atoms with van der Waals surface area (Å²) >= 11 is 0. The Kier molecular flexibility index (Phi) is 7.31. The maximum atomic E-state index is 12.1. The predicted octanol–water partition coefficient (Wildman–Crippen LogP) is 1.13. The van der Waals surface area contributed by atoms with Gasteiger partial charge < -0.3 is 20.3 Å². The van der Waals surface area contributed by atoms with Crippen LogP contribution >= 0.6 is 12.4 Å². The molecule has 22 heavy (non-hydrogen) atoms. The van der Waals surface area contributed by atoms with Crippen LogP contribution in [0.25, 0.3) is 0 Å². The summed E-state index contributed by atoms with van der Waals surface area (Å²) < 4.78 is 5.50. The zero-order chi connectivity index (χ0) is 15.2. The molecule has 1 aromatic rings. The Bertz CT molecular complexity index is 517. The molecule has 0 radical (unpaired) electrons. The molecule has 1 aliphatic heterocycles. The minimum Gasteiger partial charge on any atom is -0.375 e. The lowest BCUT2D eigenvalue weighted by atomic mass is 10.1. The van der Waals surface area contributed by atoms with Crippen molar-refractivity contribution < 1.29 is 14.3 Å². The first kappa shape index (κ1) is 18.4. The number of benzene rings is 1. The fourth-order valence-electron chi connectivity index (χ4n) is 2.18. The maximum Gasteiger partial charge on any atom is 0.255 e. The van der Waals surface area contributed by atoms with Gasteiger partial charge >= 0.3 is 0 Å². The number of hydrogen-bond donors (Lipinski definition) is 2. The van der Waals surface area contributed by atoms with Crippen molar-refractivity contribution >= 4 is 29.9 Å². The van der Waals surface area contributed by atoms with Crippen LogP contribution in [-0.4, -0.2) is 56.6 Å². The van der Waals surface area contributed by atoms with Crippen molar-refractivity contribution in [1.29, 1.82) is 0 Å². The predicted molar refractivity (Wildman–Crippen MR) is 87.6 cm³/mol. The highest BCUT2D eigenvalue weighted by atomic mass is 35.5. The van der Waals surface area contributed by atoms with Crippen LogP contribution in [0.5, 0.6) is 0 Å². The van der Waals surface area contributed by atoms with E-state index >= 15 is 0 Å². The topological polar surface area (TPSA) is 70.7 Å². The van der Waals surface area contributed by atoms with Crippen molar-refractivity contribution in [2.75, 3.05) is 39.1 Å². The largest absolute Gasteiger partial charge is 0.375 e. The van der Waals surface area contributed by atoms with Crippen LogP contribution in [0.4, 0.5) is 5.69 Å². The first-order chi connectivity index (χ1) is 10.1. The van der Waals surface area contributed by atoms with Crippen molar-refractivity contribution in [2.45, 2.75) is 12.5 Å². The average molecular weight is 328 g/mol. The SMILES string of the molecule is CN(C)C(=O)c1ccccc1NC(=O)CC1CNCCO1.Cl. The Morgan fingerprint density at radius 1 is 1.36 bits per heavy atom. The van der Waals surface area contributed by atoms with Gasteiger partial charge in [-0.05, 0) is 12.1 Å². The van der Waals surface area contributed by atoms with Crippen LogP contribution in [0.2, 0.25) is 0 Å². The number of para-hydroxylation sites is 1. The molecule has 1 atom stereocenters. The van der Waals surface area contributed by atoms with Crippen LogP contribution in [-0.2, 0) is 9.53 Å². The van der Waals surface area contributed by atoms with E-state index in [1.165, 1.54) is 4.90 Å². The van der Waals surface area contributed by atoms with Gasteiger partial charge in [-0.25, -0.2) is 0 Å². The Balaban J connectivity index is 0.00000242. The van der Waals surface area contributed by atoms with Gasteiger partial charge in [-0.1, -0.05) is 12.1 Å². The van der Waals surface area contributed by atoms with Crippen LogP contribution < -0.4 is 10.6 Å². The molecule has 2 rings (SSSR count). The summed E-state index contributed by atoms with van der Waals surface area (Å²) in [6, 6.07) is 7.01. The number of hydrogen-bond acceptors (Lipinski definition) is 4. The highest BCUT2D eigenvalue weighted by Crippen LogP contribution is 2.17. The lowest BCUT2D eigenvalue weighted by molar-refractivity contribution is -0.119. The normalized spacial score (nSPS) is 17.3. The van der Waals surface area contributed by atoms with Gasteiger partial charge in [-0.2, -0.15) is 0 Å². The second kappa shape index (κ2) is 8.73. The fraction of sp³-hybridized carbons (Fsp3) is 0.467. The third-order valence-corrected chi connectivity index (χ3v) is 3.26. The Hall–Kier alpha value is -1.63. The molecule has 1 aromatic carbocycles. The number of amides is 2. The second-order valence-electron chi connectivity index (χ2n) is 5.19. The van der Waals surface area contributed by atoms with Crippen molar-refractivity contribution in [1.82, 2.24) is 10.2 Å². The summed E-state index contributed by atoms with van der Waals surface area (Å²) in [6.07, 6.45) is 0.160. The summed E-state index contributed by atoms with van der Waals surface area (Å²) in [7, 11) is 3.37. The minimum absolute atomic E-state index is 0. The molecule has 2 N–H and O–H groups in total. The zero-order valence-corrected chi connectivity index (χ0v) is 13.6. The molecular formula is C15H22ClN3O3. The summed E-state index contributed by atoms with van der Waals surface area (Å²) in [4.78, 5) is 25.6. The summed E-state index contributed by atoms with van der Waals surface area (Å²) in [5.74, 6) is -0.288. The molecule has 1 saturated heterocycles. The molecule has 2 amide bonds.